The number of benzene rings is 1. The second-order valence-corrected chi connectivity index (χ2v) is 9.30. The molecule has 0 saturated carbocycles. The van der Waals surface area contributed by atoms with Gasteiger partial charge in [-0.2, -0.15) is 10.1 Å². The van der Waals surface area contributed by atoms with Gasteiger partial charge in [0.2, 0.25) is 0 Å². The molecule has 1 unspecified atom stereocenters. The fourth-order valence-electron chi connectivity index (χ4n) is 5.62. The Kier molecular flexibility index (Phi) is 6.70. The molecule has 1 spiro atoms. The molecule has 0 aliphatic carbocycles. The number of piperidine rings is 2. The van der Waals surface area contributed by atoms with Crippen molar-refractivity contribution in [3.63, 3.8) is 0 Å². The van der Waals surface area contributed by atoms with Gasteiger partial charge < -0.3 is 9.68 Å². The van der Waals surface area contributed by atoms with Crippen LogP contribution in [0, 0.1) is 20.8 Å². The highest BCUT2D eigenvalue weighted by Gasteiger charge is 2.61. The minimum Gasteiger partial charge on any atom is -0.302 e. The van der Waals surface area contributed by atoms with Crippen molar-refractivity contribution in [1.29, 1.82) is 0 Å². The minimum atomic E-state index is -0.945. The standard InChI is InChI=1S/C24H35N3O5/c1-16-14-17(2)20(18(3)15-16)21-22(28)24(8-12-26(31-5)13-9-24)27(23(21)29)32-19-6-10-25(30-4)11-7-19/h14-15,19,21H,6-13H2,1-5H3. The summed E-state index contributed by atoms with van der Waals surface area (Å²) in [5.74, 6) is -1.09. The van der Waals surface area contributed by atoms with E-state index < -0.39 is 11.5 Å². The quantitative estimate of drug-likeness (QED) is 0.645. The van der Waals surface area contributed by atoms with Crippen LogP contribution in [0.3, 0.4) is 0 Å². The van der Waals surface area contributed by atoms with Crippen LogP contribution in [0.4, 0.5) is 0 Å². The fraction of sp³-hybridized carbons (Fsp3) is 0.667. The summed E-state index contributed by atoms with van der Waals surface area (Å²) in [5, 5.41) is 5.21. The van der Waals surface area contributed by atoms with Crippen LogP contribution in [0.1, 0.15) is 53.9 Å². The van der Waals surface area contributed by atoms with Gasteiger partial charge in [-0.05, 0) is 63.1 Å². The van der Waals surface area contributed by atoms with Crippen LogP contribution in [0.25, 0.3) is 0 Å². The Balaban J connectivity index is 1.67. The molecule has 0 N–H and O–H groups in total. The van der Waals surface area contributed by atoms with Gasteiger partial charge in [0, 0.05) is 26.2 Å². The Morgan fingerprint density at radius 1 is 0.875 bits per heavy atom. The van der Waals surface area contributed by atoms with E-state index in [4.69, 9.17) is 14.5 Å². The van der Waals surface area contributed by atoms with Crippen molar-refractivity contribution < 1.29 is 24.1 Å². The lowest BCUT2D eigenvalue weighted by molar-refractivity contribution is -0.260. The summed E-state index contributed by atoms with van der Waals surface area (Å²) in [6, 6.07) is 4.10. The molecule has 8 nitrogen and oxygen atoms in total. The van der Waals surface area contributed by atoms with E-state index in [2.05, 4.69) is 0 Å². The predicted molar refractivity (Wildman–Crippen MR) is 118 cm³/mol. The first kappa shape index (κ1) is 23.3. The van der Waals surface area contributed by atoms with E-state index in [9.17, 15) is 9.59 Å². The van der Waals surface area contributed by atoms with E-state index >= 15 is 0 Å². The van der Waals surface area contributed by atoms with E-state index in [0.717, 1.165) is 48.2 Å². The zero-order chi connectivity index (χ0) is 23.0. The lowest BCUT2D eigenvalue weighted by Gasteiger charge is -2.43. The summed E-state index contributed by atoms with van der Waals surface area (Å²) in [6.45, 7) is 8.64. The van der Waals surface area contributed by atoms with Gasteiger partial charge in [-0.15, -0.1) is 0 Å². The van der Waals surface area contributed by atoms with E-state index in [-0.39, 0.29) is 17.8 Å². The van der Waals surface area contributed by atoms with Crippen molar-refractivity contribution in [3.8, 4) is 0 Å². The molecule has 3 aliphatic rings. The molecule has 3 heterocycles. The molecule has 3 fully saturated rings. The molecular weight excluding hydrogens is 410 g/mol. The minimum absolute atomic E-state index is 0.0392. The molecule has 1 aromatic rings. The molecule has 0 bridgehead atoms. The van der Waals surface area contributed by atoms with E-state index in [1.807, 2.05) is 43.0 Å². The number of hydroxylamine groups is 6. The molecule has 1 aromatic carbocycles. The largest absolute Gasteiger partial charge is 0.302 e. The molecule has 1 atom stereocenters. The predicted octanol–water partition coefficient (Wildman–Crippen LogP) is 2.46. The molecule has 4 rings (SSSR count). The van der Waals surface area contributed by atoms with E-state index in [1.165, 1.54) is 5.06 Å². The topological polar surface area (TPSA) is 71.6 Å². The summed E-state index contributed by atoms with van der Waals surface area (Å²) in [5.41, 5.74) is 2.98. The second-order valence-electron chi connectivity index (χ2n) is 9.30. The van der Waals surface area contributed by atoms with Crippen LogP contribution in [-0.2, 0) is 24.1 Å². The van der Waals surface area contributed by atoms with Gasteiger partial charge >= 0.3 is 0 Å². The summed E-state index contributed by atoms with van der Waals surface area (Å²) in [7, 11) is 3.30. The Morgan fingerprint density at radius 2 is 1.41 bits per heavy atom. The van der Waals surface area contributed by atoms with Gasteiger partial charge in [-0.1, -0.05) is 17.7 Å². The second kappa shape index (κ2) is 9.19. The van der Waals surface area contributed by atoms with Gasteiger partial charge in [0.15, 0.2) is 5.78 Å². The number of amides is 1. The number of nitrogens with zero attached hydrogens (tertiary/aromatic N) is 3. The van der Waals surface area contributed by atoms with Gasteiger partial charge in [-0.3, -0.25) is 14.4 Å². The highest BCUT2D eigenvalue weighted by Crippen LogP contribution is 2.45. The molecule has 32 heavy (non-hydrogen) atoms. The van der Waals surface area contributed by atoms with Crippen LogP contribution in [-0.4, -0.2) is 78.9 Å². The number of carbonyl (C=O) groups is 2. The van der Waals surface area contributed by atoms with Gasteiger partial charge in [-0.25, -0.2) is 5.06 Å². The molecule has 8 heteroatoms. The van der Waals surface area contributed by atoms with E-state index in [0.29, 0.717) is 25.9 Å². The van der Waals surface area contributed by atoms with Crippen molar-refractivity contribution in [2.24, 2.45) is 0 Å². The molecule has 3 saturated heterocycles. The number of aryl methyl sites for hydroxylation is 3. The maximum Gasteiger partial charge on any atom is 0.262 e. The van der Waals surface area contributed by atoms with Crippen molar-refractivity contribution in [2.45, 2.75) is 64.0 Å². The number of Topliss-reactive ketones (excluding diaryl/α,β-unsaturated/α-hetero) is 1. The Hall–Kier alpha value is -1.84. The van der Waals surface area contributed by atoms with Crippen LogP contribution in [0.5, 0.6) is 0 Å². The normalized spacial score (nSPS) is 25.3. The highest BCUT2D eigenvalue weighted by atomic mass is 16.7. The highest BCUT2D eigenvalue weighted by molar-refractivity contribution is 6.17. The summed E-state index contributed by atoms with van der Waals surface area (Å²) in [6.07, 6.45) is 2.39. The maximum atomic E-state index is 14.0. The summed E-state index contributed by atoms with van der Waals surface area (Å²) < 4.78 is 0. The summed E-state index contributed by atoms with van der Waals surface area (Å²) in [4.78, 5) is 44.9. The molecule has 3 aliphatic heterocycles. The third-order valence-electron chi connectivity index (χ3n) is 7.30. The van der Waals surface area contributed by atoms with Crippen LogP contribution < -0.4 is 0 Å². The molecule has 0 aromatic heterocycles. The van der Waals surface area contributed by atoms with Gasteiger partial charge in [0.1, 0.15) is 11.5 Å². The molecule has 1 amide bonds. The Morgan fingerprint density at radius 3 is 1.94 bits per heavy atom. The monoisotopic (exact) mass is 445 g/mol. The number of hydrogen-bond acceptors (Lipinski definition) is 7. The van der Waals surface area contributed by atoms with Gasteiger partial charge in [0.25, 0.3) is 5.91 Å². The third-order valence-corrected chi connectivity index (χ3v) is 7.30. The first-order chi connectivity index (χ1) is 15.3. The Labute approximate surface area is 190 Å². The number of carbonyl (C=O) groups excluding carboxylic acids is 2. The average molecular weight is 446 g/mol. The lowest BCUT2D eigenvalue weighted by Crippen LogP contribution is -2.57. The first-order valence-electron chi connectivity index (χ1n) is 11.5. The van der Waals surface area contributed by atoms with Crippen LogP contribution in [0.2, 0.25) is 0 Å². The van der Waals surface area contributed by atoms with Crippen molar-refractivity contribution in [3.05, 3.63) is 34.4 Å². The van der Waals surface area contributed by atoms with Crippen molar-refractivity contribution in [2.75, 3.05) is 40.4 Å². The zero-order valence-corrected chi connectivity index (χ0v) is 19.8. The number of rotatable bonds is 5. The first-order valence-corrected chi connectivity index (χ1v) is 11.5. The maximum absolute atomic E-state index is 14.0. The smallest absolute Gasteiger partial charge is 0.262 e. The Bertz CT molecular complexity index is 849. The molecule has 0 radical (unpaired) electrons. The van der Waals surface area contributed by atoms with Crippen molar-refractivity contribution >= 4 is 11.7 Å². The number of hydrogen-bond donors (Lipinski definition) is 0. The van der Waals surface area contributed by atoms with Gasteiger partial charge in [0.05, 0.1) is 20.3 Å². The van der Waals surface area contributed by atoms with Crippen LogP contribution in [0.15, 0.2) is 12.1 Å². The van der Waals surface area contributed by atoms with Crippen LogP contribution >= 0.6 is 0 Å². The SMILES string of the molecule is CON1CCC(ON2C(=O)C(c3c(C)cc(C)cc3C)C(=O)C23CCN(OC)CC3)CC1. The molecular formula is C24H35N3O5. The summed E-state index contributed by atoms with van der Waals surface area (Å²) >= 11 is 0. The van der Waals surface area contributed by atoms with Crippen molar-refractivity contribution in [1.82, 2.24) is 15.2 Å². The number of ketones is 1. The zero-order valence-electron chi connectivity index (χ0n) is 19.8. The molecule has 176 valence electrons. The lowest BCUT2D eigenvalue weighted by atomic mass is 9.79. The fourth-order valence-corrected chi connectivity index (χ4v) is 5.62. The average Bonchev–Trinajstić information content (AvgIpc) is 2.96. The van der Waals surface area contributed by atoms with E-state index in [1.54, 1.807) is 14.2 Å². The third kappa shape index (κ3) is 3.99.